The van der Waals surface area contributed by atoms with Crippen molar-refractivity contribution < 1.29 is 0 Å². The van der Waals surface area contributed by atoms with Crippen LogP contribution in [0.5, 0.6) is 0 Å². The van der Waals surface area contributed by atoms with Crippen molar-refractivity contribution in [1.29, 1.82) is 0 Å². The van der Waals surface area contributed by atoms with E-state index in [0.29, 0.717) is 12.6 Å². The maximum atomic E-state index is 4.41. The van der Waals surface area contributed by atoms with Crippen LogP contribution in [0.3, 0.4) is 0 Å². The van der Waals surface area contributed by atoms with Gasteiger partial charge < -0.3 is 15.5 Å². The van der Waals surface area contributed by atoms with Gasteiger partial charge in [-0.1, -0.05) is 24.3 Å². The maximum Gasteiger partial charge on any atom is 0.191 e. The third-order valence-electron chi connectivity index (χ3n) is 4.42. The molecule has 3 rings (SSSR count). The average molecular weight is 451 g/mol. The lowest BCUT2D eigenvalue weighted by Gasteiger charge is -2.20. The van der Waals surface area contributed by atoms with Gasteiger partial charge in [0.1, 0.15) is 0 Å². The number of hydrogen-bond donors (Lipinski definition) is 2. The van der Waals surface area contributed by atoms with Crippen molar-refractivity contribution in [3.8, 4) is 0 Å². The van der Waals surface area contributed by atoms with Gasteiger partial charge in [0.15, 0.2) is 5.96 Å². The monoisotopic (exact) mass is 451 g/mol. The van der Waals surface area contributed by atoms with Crippen LogP contribution in [0.25, 0.3) is 0 Å². The number of pyridine rings is 1. The van der Waals surface area contributed by atoms with E-state index in [1.54, 1.807) is 0 Å². The lowest BCUT2D eigenvalue weighted by Crippen LogP contribution is -2.44. The molecule has 0 bridgehead atoms. The second-order valence-electron chi connectivity index (χ2n) is 6.10. The summed E-state index contributed by atoms with van der Waals surface area (Å²) in [4.78, 5) is 11.2. The molecular weight excluding hydrogens is 425 g/mol. The molecule has 2 N–H and O–H groups in total. The summed E-state index contributed by atoms with van der Waals surface area (Å²) in [6, 6.07) is 15.0. The summed E-state index contributed by atoms with van der Waals surface area (Å²) in [5, 5.41) is 6.89. The van der Waals surface area contributed by atoms with E-state index < -0.39 is 0 Å². The summed E-state index contributed by atoms with van der Waals surface area (Å²) in [5.74, 6) is 0.833. The number of hydrogen-bond acceptors (Lipinski definition) is 3. The fraction of sp³-hybridized carbons (Fsp3) is 0.368. The summed E-state index contributed by atoms with van der Waals surface area (Å²) >= 11 is 0. The normalized spacial score (nSPS) is 17.1. The van der Waals surface area contributed by atoms with E-state index in [4.69, 9.17) is 0 Å². The molecule has 0 aliphatic carbocycles. The molecule has 1 saturated heterocycles. The van der Waals surface area contributed by atoms with E-state index >= 15 is 0 Å². The predicted octanol–water partition coefficient (Wildman–Crippen LogP) is 2.95. The van der Waals surface area contributed by atoms with Crippen LogP contribution in [0.15, 0.2) is 53.7 Å². The maximum absolute atomic E-state index is 4.41. The fourth-order valence-corrected chi connectivity index (χ4v) is 3.01. The zero-order chi connectivity index (χ0) is 16.8. The minimum Gasteiger partial charge on any atom is -0.369 e. The molecule has 6 heteroatoms. The van der Waals surface area contributed by atoms with E-state index in [2.05, 4.69) is 68.8 Å². The second kappa shape index (κ2) is 9.60. The van der Waals surface area contributed by atoms with Gasteiger partial charge in [-0.25, -0.2) is 0 Å². The first-order chi connectivity index (χ1) is 11.8. The highest BCUT2D eigenvalue weighted by Crippen LogP contribution is 2.19. The molecular formula is C19H26IN5. The largest absolute Gasteiger partial charge is 0.369 e. The van der Waals surface area contributed by atoms with Crippen LogP contribution in [-0.4, -0.2) is 37.1 Å². The van der Waals surface area contributed by atoms with Crippen LogP contribution in [0, 0.1) is 6.92 Å². The summed E-state index contributed by atoms with van der Waals surface area (Å²) in [7, 11) is 1.81. The predicted molar refractivity (Wildman–Crippen MR) is 115 cm³/mol. The molecule has 25 heavy (non-hydrogen) atoms. The van der Waals surface area contributed by atoms with E-state index in [1.807, 2.05) is 19.3 Å². The van der Waals surface area contributed by atoms with Gasteiger partial charge in [-0.3, -0.25) is 9.98 Å². The summed E-state index contributed by atoms with van der Waals surface area (Å²) in [6.45, 7) is 4.82. The second-order valence-corrected chi connectivity index (χ2v) is 6.10. The lowest BCUT2D eigenvalue weighted by molar-refractivity contribution is 0.647. The lowest BCUT2D eigenvalue weighted by atomic mass is 10.2. The molecule has 134 valence electrons. The quantitative estimate of drug-likeness (QED) is 0.427. The Hall–Kier alpha value is -1.83. The Morgan fingerprint density at radius 1 is 1.24 bits per heavy atom. The molecule has 0 amide bonds. The molecule has 5 nitrogen and oxygen atoms in total. The van der Waals surface area contributed by atoms with Gasteiger partial charge in [0, 0.05) is 38.1 Å². The van der Waals surface area contributed by atoms with E-state index in [1.165, 1.54) is 11.3 Å². The van der Waals surface area contributed by atoms with Crippen molar-refractivity contribution in [2.24, 2.45) is 4.99 Å². The molecule has 2 aromatic rings. The summed E-state index contributed by atoms with van der Waals surface area (Å²) in [5.41, 5.74) is 3.53. The molecule has 1 aliphatic heterocycles. The van der Waals surface area contributed by atoms with E-state index in [-0.39, 0.29) is 24.0 Å². The highest BCUT2D eigenvalue weighted by molar-refractivity contribution is 14.0. The zero-order valence-electron chi connectivity index (χ0n) is 14.8. The molecule has 1 unspecified atom stereocenters. The van der Waals surface area contributed by atoms with Crippen LogP contribution in [0.2, 0.25) is 0 Å². The highest BCUT2D eigenvalue weighted by atomic mass is 127. The van der Waals surface area contributed by atoms with Crippen molar-refractivity contribution in [3.63, 3.8) is 0 Å². The molecule has 1 aromatic carbocycles. The SMILES string of the molecule is CN=C(NCc1ncccc1C)NC1CCN(c2ccccc2)C1.I. The topological polar surface area (TPSA) is 52.6 Å². The molecule has 1 atom stereocenters. The first kappa shape index (κ1) is 19.5. The highest BCUT2D eigenvalue weighted by Gasteiger charge is 2.23. The van der Waals surface area contributed by atoms with Gasteiger partial charge in [-0.2, -0.15) is 0 Å². The Morgan fingerprint density at radius 3 is 2.76 bits per heavy atom. The number of anilines is 1. The number of nitrogens with one attached hydrogen (secondary N) is 2. The van der Waals surface area contributed by atoms with Crippen LogP contribution < -0.4 is 15.5 Å². The number of aromatic nitrogens is 1. The molecule has 1 aromatic heterocycles. The van der Waals surface area contributed by atoms with Gasteiger partial charge in [0.2, 0.25) is 0 Å². The Labute approximate surface area is 167 Å². The van der Waals surface area contributed by atoms with Gasteiger partial charge >= 0.3 is 0 Å². The molecule has 0 saturated carbocycles. The third-order valence-corrected chi connectivity index (χ3v) is 4.42. The summed E-state index contributed by atoms with van der Waals surface area (Å²) < 4.78 is 0. The van der Waals surface area contributed by atoms with Gasteiger partial charge in [-0.05, 0) is 37.1 Å². The van der Waals surface area contributed by atoms with Crippen molar-refractivity contribution in [2.45, 2.75) is 25.9 Å². The van der Waals surface area contributed by atoms with Gasteiger partial charge in [0.05, 0.1) is 12.2 Å². The number of guanidine groups is 1. The molecule has 0 radical (unpaired) electrons. The van der Waals surface area contributed by atoms with Gasteiger partial charge in [0.25, 0.3) is 0 Å². The number of benzene rings is 1. The van der Waals surface area contributed by atoms with Crippen LogP contribution >= 0.6 is 24.0 Å². The Kier molecular flexibility index (Phi) is 7.49. The number of aryl methyl sites for hydroxylation is 1. The minimum atomic E-state index is 0. The van der Waals surface area contributed by atoms with E-state index in [0.717, 1.165) is 31.2 Å². The number of para-hydroxylation sites is 1. The summed E-state index contributed by atoms with van der Waals surface area (Å²) in [6.07, 6.45) is 2.94. The number of nitrogens with zero attached hydrogens (tertiary/aromatic N) is 3. The zero-order valence-corrected chi connectivity index (χ0v) is 17.1. The molecule has 2 heterocycles. The van der Waals surface area contributed by atoms with Crippen molar-refractivity contribution in [2.75, 3.05) is 25.0 Å². The minimum absolute atomic E-state index is 0. The van der Waals surface area contributed by atoms with Crippen molar-refractivity contribution in [3.05, 3.63) is 59.9 Å². The number of rotatable bonds is 4. The first-order valence-electron chi connectivity index (χ1n) is 8.44. The van der Waals surface area contributed by atoms with Crippen molar-refractivity contribution >= 4 is 35.6 Å². The number of halogens is 1. The van der Waals surface area contributed by atoms with Crippen LogP contribution in [0.4, 0.5) is 5.69 Å². The van der Waals surface area contributed by atoms with Crippen molar-refractivity contribution in [1.82, 2.24) is 15.6 Å². The average Bonchev–Trinajstić information content (AvgIpc) is 3.09. The third kappa shape index (κ3) is 5.32. The van der Waals surface area contributed by atoms with Gasteiger partial charge in [-0.15, -0.1) is 24.0 Å². The molecule has 1 fully saturated rings. The standard InChI is InChI=1S/C19H25N5.HI/c1-15-7-6-11-21-18(15)13-22-19(20-2)23-16-10-12-24(14-16)17-8-4-3-5-9-17;/h3-9,11,16H,10,12-14H2,1-2H3,(H2,20,22,23);1H. The van der Waals surface area contributed by atoms with Crippen LogP contribution in [-0.2, 0) is 6.54 Å². The first-order valence-corrected chi connectivity index (χ1v) is 8.44. The molecule has 0 spiro atoms. The fourth-order valence-electron chi connectivity index (χ4n) is 3.01. The molecule has 1 aliphatic rings. The Morgan fingerprint density at radius 2 is 2.04 bits per heavy atom. The van der Waals surface area contributed by atoms with E-state index in [9.17, 15) is 0 Å². The Balaban J connectivity index is 0.00000225. The smallest absolute Gasteiger partial charge is 0.191 e. The number of aliphatic imine (C=N–C) groups is 1. The Bertz CT molecular complexity index is 689. The van der Waals surface area contributed by atoms with Crippen LogP contribution in [0.1, 0.15) is 17.7 Å².